The smallest absolute Gasteiger partial charge is 0.166 e. The molecule has 2 rings (SSSR count). The van der Waals surface area contributed by atoms with Crippen LogP contribution in [0.4, 0.5) is 0 Å². The van der Waals surface area contributed by atoms with E-state index in [9.17, 15) is 0 Å². The van der Waals surface area contributed by atoms with Gasteiger partial charge in [0.2, 0.25) is 0 Å². The van der Waals surface area contributed by atoms with Gasteiger partial charge in [-0.05, 0) is 31.9 Å². The largest absolute Gasteiger partial charge is 0.493 e. The molecular weight excluding hydrogens is 286 g/mol. The second-order valence-electron chi connectivity index (χ2n) is 5.92. The van der Waals surface area contributed by atoms with Crippen LogP contribution in [0.3, 0.4) is 0 Å². The molecule has 0 aliphatic rings. The van der Waals surface area contributed by atoms with Crippen LogP contribution in [-0.4, -0.2) is 13.2 Å². The number of para-hydroxylation sites is 1. The van der Waals surface area contributed by atoms with Crippen LogP contribution < -0.4 is 14.8 Å². The quantitative estimate of drug-likeness (QED) is 0.780. The predicted octanol–water partition coefficient (Wildman–Crippen LogP) is 4.47. The first-order valence-electron chi connectivity index (χ1n) is 8.21. The minimum atomic E-state index is 0.478. The number of ether oxygens (including phenoxy) is 2. The maximum atomic E-state index is 6.10. The van der Waals surface area contributed by atoms with Gasteiger partial charge < -0.3 is 14.8 Å². The summed E-state index contributed by atoms with van der Waals surface area (Å²) in [6.07, 6.45) is 1.10. The van der Waals surface area contributed by atoms with E-state index in [1.54, 1.807) is 7.11 Å². The first kappa shape index (κ1) is 17.4. The molecule has 3 heteroatoms. The Kier molecular flexibility index (Phi) is 6.48. The lowest BCUT2D eigenvalue weighted by Crippen LogP contribution is -2.24. The number of methoxy groups -OCH3 is 1. The van der Waals surface area contributed by atoms with E-state index >= 15 is 0 Å². The third-order valence-corrected chi connectivity index (χ3v) is 4.00. The van der Waals surface area contributed by atoms with Gasteiger partial charge in [0.1, 0.15) is 6.61 Å². The van der Waals surface area contributed by atoms with Crippen LogP contribution >= 0.6 is 0 Å². The molecule has 0 saturated heterocycles. The summed E-state index contributed by atoms with van der Waals surface area (Å²) in [7, 11) is 1.68. The third-order valence-electron chi connectivity index (χ3n) is 4.00. The Balaban J connectivity index is 2.14. The van der Waals surface area contributed by atoms with Gasteiger partial charge in [0, 0.05) is 18.2 Å². The molecule has 2 aromatic carbocycles. The molecule has 1 atom stereocenters. The maximum absolute atomic E-state index is 6.10. The van der Waals surface area contributed by atoms with Crippen LogP contribution in [0.5, 0.6) is 11.5 Å². The second-order valence-corrected chi connectivity index (χ2v) is 5.92. The Hall–Kier alpha value is -2.00. The Bertz CT molecular complexity index is 625. The molecule has 2 aromatic rings. The first-order valence-corrected chi connectivity index (χ1v) is 8.21. The molecule has 0 aromatic heterocycles. The molecule has 0 radical (unpaired) electrons. The summed E-state index contributed by atoms with van der Waals surface area (Å²) in [6, 6.07) is 14.9. The van der Waals surface area contributed by atoms with Crippen molar-refractivity contribution in [3.63, 3.8) is 0 Å². The van der Waals surface area contributed by atoms with E-state index in [2.05, 4.69) is 56.4 Å². The van der Waals surface area contributed by atoms with Gasteiger partial charge in [0.25, 0.3) is 0 Å². The number of hydrogen-bond donors (Lipinski definition) is 1. The Morgan fingerprint density at radius 2 is 1.91 bits per heavy atom. The number of hydrogen-bond acceptors (Lipinski definition) is 3. The monoisotopic (exact) mass is 313 g/mol. The van der Waals surface area contributed by atoms with Crippen LogP contribution in [0.15, 0.2) is 42.5 Å². The topological polar surface area (TPSA) is 30.5 Å². The van der Waals surface area contributed by atoms with Crippen LogP contribution in [0.2, 0.25) is 0 Å². The van der Waals surface area contributed by atoms with Gasteiger partial charge in [-0.3, -0.25) is 0 Å². The van der Waals surface area contributed by atoms with Crippen molar-refractivity contribution in [2.75, 3.05) is 7.11 Å². The van der Waals surface area contributed by atoms with E-state index in [0.717, 1.165) is 35.6 Å². The molecule has 0 aliphatic carbocycles. The van der Waals surface area contributed by atoms with Gasteiger partial charge in [-0.1, -0.05) is 48.9 Å². The molecular formula is C20H27NO2. The average Bonchev–Trinajstić information content (AvgIpc) is 2.57. The second kappa shape index (κ2) is 8.59. The van der Waals surface area contributed by atoms with Crippen molar-refractivity contribution in [1.29, 1.82) is 0 Å². The summed E-state index contributed by atoms with van der Waals surface area (Å²) in [6.45, 7) is 7.77. The zero-order chi connectivity index (χ0) is 16.7. The zero-order valence-electron chi connectivity index (χ0n) is 14.6. The fraction of sp³-hybridized carbons (Fsp3) is 0.400. The lowest BCUT2D eigenvalue weighted by atomic mass is 10.1. The highest BCUT2D eigenvalue weighted by molar-refractivity contribution is 5.46. The highest BCUT2D eigenvalue weighted by atomic mass is 16.5. The minimum Gasteiger partial charge on any atom is -0.493 e. The molecule has 1 N–H and O–H groups in total. The molecule has 0 heterocycles. The number of benzene rings is 2. The molecule has 0 unspecified atom stereocenters. The third kappa shape index (κ3) is 5.00. The molecule has 124 valence electrons. The molecule has 0 amide bonds. The van der Waals surface area contributed by atoms with Crippen molar-refractivity contribution in [3.8, 4) is 11.5 Å². The molecule has 0 aliphatic heterocycles. The van der Waals surface area contributed by atoms with Gasteiger partial charge in [-0.2, -0.15) is 0 Å². The fourth-order valence-corrected chi connectivity index (χ4v) is 2.41. The van der Waals surface area contributed by atoms with E-state index in [4.69, 9.17) is 9.47 Å². The number of rotatable bonds is 8. The molecule has 3 nitrogen and oxygen atoms in total. The molecule has 0 saturated carbocycles. The van der Waals surface area contributed by atoms with E-state index in [0.29, 0.717) is 12.6 Å². The lowest BCUT2D eigenvalue weighted by molar-refractivity contribution is 0.280. The molecule has 0 spiro atoms. The fourth-order valence-electron chi connectivity index (χ4n) is 2.41. The van der Waals surface area contributed by atoms with E-state index in [-0.39, 0.29) is 0 Å². The number of nitrogens with one attached hydrogen (secondary N) is 1. The van der Waals surface area contributed by atoms with Crippen molar-refractivity contribution in [2.24, 2.45) is 0 Å². The van der Waals surface area contributed by atoms with Crippen LogP contribution in [0.25, 0.3) is 0 Å². The molecule has 0 bridgehead atoms. The minimum absolute atomic E-state index is 0.478. The summed E-state index contributed by atoms with van der Waals surface area (Å²) in [5.74, 6) is 1.61. The highest BCUT2D eigenvalue weighted by Gasteiger charge is 2.11. The van der Waals surface area contributed by atoms with Gasteiger partial charge in [0.05, 0.1) is 7.11 Å². The average molecular weight is 313 g/mol. The Morgan fingerprint density at radius 1 is 1.13 bits per heavy atom. The summed E-state index contributed by atoms with van der Waals surface area (Å²) in [5, 5.41) is 3.51. The van der Waals surface area contributed by atoms with E-state index < -0.39 is 0 Å². The van der Waals surface area contributed by atoms with Crippen LogP contribution in [-0.2, 0) is 13.2 Å². The van der Waals surface area contributed by atoms with E-state index in [1.165, 1.54) is 5.56 Å². The van der Waals surface area contributed by atoms with Crippen LogP contribution in [0.1, 0.15) is 37.0 Å². The van der Waals surface area contributed by atoms with E-state index in [1.807, 2.05) is 12.1 Å². The Morgan fingerprint density at radius 3 is 2.61 bits per heavy atom. The molecule has 23 heavy (non-hydrogen) atoms. The van der Waals surface area contributed by atoms with Crippen molar-refractivity contribution in [1.82, 2.24) is 5.32 Å². The Labute approximate surface area is 139 Å². The van der Waals surface area contributed by atoms with Gasteiger partial charge in [-0.15, -0.1) is 0 Å². The van der Waals surface area contributed by atoms with Crippen molar-refractivity contribution in [2.45, 2.75) is 46.4 Å². The van der Waals surface area contributed by atoms with Gasteiger partial charge in [0.15, 0.2) is 11.5 Å². The standard InChI is InChI=1S/C20H27NO2/c1-5-16(3)21-13-18-10-7-11-19(22-4)20(18)23-14-17-9-6-8-15(2)12-17/h6-12,16,21H,5,13-14H2,1-4H3/t16-/m1/s1. The first-order chi connectivity index (χ1) is 11.1. The lowest BCUT2D eigenvalue weighted by Gasteiger charge is -2.17. The number of aryl methyl sites for hydroxylation is 1. The van der Waals surface area contributed by atoms with Gasteiger partial charge in [-0.25, -0.2) is 0 Å². The molecule has 0 fully saturated rings. The van der Waals surface area contributed by atoms with Crippen molar-refractivity contribution in [3.05, 3.63) is 59.2 Å². The highest BCUT2D eigenvalue weighted by Crippen LogP contribution is 2.32. The predicted molar refractivity (Wildman–Crippen MR) is 95.1 cm³/mol. The summed E-state index contributed by atoms with van der Waals surface area (Å²) < 4.78 is 11.6. The maximum Gasteiger partial charge on any atom is 0.166 e. The summed E-state index contributed by atoms with van der Waals surface area (Å²) in [5.41, 5.74) is 3.53. The van der Waals surface area contributed by atoms with Crippen LogP contribution in [0, 0.1) is 6.92 Å². The van der Waals surface area contributed by atoms with Crippen molar-refractivity contribution >= 4 is 0 Å². The normalized spacial score (nSPS) is 12.0. The van der Waals surface area contributed by atoms with Gasteiger partial charge >= 0.3 is 0 Å². The van der Waals surface area contributed by atoms with Crippen molar-refractivity contribution < 1.29 is 9.47 Å². The SMILES string of the molecule is CC[C@@H](C)NCc1cccc(OC)c1OCc1cccc(C)c1. The zero-order valence-corrected chi connectivity index (χ0v) is 14.6. The summed E-state index contributed by atoms with van der Waals surface area (Å²) in [4.78, 5) is 0. The summed E-state index contributed by atoms with van der Waals surface area (Å²) >= 11 is 0.